The van der Waals surface area contributed by atoms with Crippen LogP contribution in [-0.4, -0.2) is 12.5 Å². The molecule has 3 rings (SSSR count). The van der Waals surface area contributed by atoms with Crippen molar-refractivity contribution in [2.24, 2.45) is 0 Å². The number of carbonyl (C=O) groups excluding carboxylic acids is 1. The Hall–Kier alpha value is -1.78. The van der Waals surface area contributed by atoms with Crippen LogP contribution in [0.3, 0.4) is 0 Å². The molecule has 0 radical (unpaired) electrons. The molecule has 4 nitrogen and oxygen atoms in total. The zero-order valence-electron chi connectivity index (χ0n) is 11.2. The lowest BCUT2D eigenvalue weighted by Crippen LogP contribution is -2.23. The van der Waals surface area contributed by atoms with Crippen LogP contribution in [0.2, 0.25) is 0 Å². The molecule has 0 saturated heterocycles. The molecule has 0 aliphatic carbocycles. The lowest BCUT2D eigenvalue weighted by molar-refractivity contribution is 0.0996. The smallest absolute Gasteiger partial charge is 0.291 e. The zero-order valence-corrected chi connectivity index (χ0v) is 12.0. The molecule has 0 bridgehead atoms. The van der Waals surface area contributed by atoms with Crippen molar-refractivity contribution in [1.82, 2.24) is 5.32 Å². The first-order valence-corrected chi connectivity index (χ1v) is 6.42. The monoisotopic (exact) mass is 292 g/mol. The Bertz CT molecular complexity index is 622. The van der Waals surface area contributed by atoms with Gasteiger partial charge in [-0.2, -0.15) is 0 Å². The molecule has 2 heterocycles. The van der Waals surface area contributed by atoms with E-state index in [9.17, 15) is 4.79 Å². The summed E-state index contributed by atoms with van der Waals surface area (Å²) in [6.45, 7) is 3.73. The summed E-state index contributed by atoms with van der Waals surface area (Å²) in [5, 5.41) is 6.20. The summed E-state index contributed by atoms with van der Waals surface area (Å²) in [6, 6.07) is 7.84. The molecule has 106 valence electrons. The minimum atomic E-state index is -0.203. The number of benzene rings is 1. The highest BCUT2D eigenvalue weighted by molar-refractivity contribution is 6.03. The van der Waals surface area contributed by atoms with E-state index in [1.807, 2.05) is 19.1 Å². The van der Waals surface area contributed by atoms with Crippen molar-refractivity contribution in [3.63, 3.8) is 0 Å². The van der Waals surface area contributed by atoms with Gasteiger partial charge in [0.05, 0.1) is 6.26 Å². The second-order valence-electron chi connectivity index (χ2n) is 4.80. The molecule has 0 atom stereocenters. The van der Waals surface area contributed by atoms with E-state index in [1.54, 1.807) is 6.07 Å². The van der Waals surface area contributed by atoms with Gasteiger partial charge in [0.25, 0.3) is 5.91 Å². The molecule has 1 aromatic heterocycles. The van der Waals surface area contributed by atoms with Gasteiger partial charge >= 0.3 is 0 Å². The third kappa shape index (κ3) is 2.86. The van der Waals surface area contributed by atoms with Gasteiger partial charge in [0.1, 0.15) is 0 Å². The third-order valence-corrected chi connectivity index (χ3v) is 3.42. The van der Waals surface area contributed by atoms with Crippen molar-refractivity contribution in [1.29, 1.82) is 0 Å². The van der Waals surface area contributed by atoms with Gasteiger partial charge in [0.15, 0.2) is 5.76 Å². The van der Waals surface area contributed by atoms with Crippen LogP contribution >= 0.6 is 12.4 Å². The molecule has 0 unspecified atom stereocenters. The highest BCUT2D eigenvalue weighted by Gasteiger charge is 2.14. The number of fused-ring (bicyclic) bond motifs is 1. The first-order chi connectivity index (χ1) is 9.24. The van der Waals surface area contributed by atoms with Crippen LogP contribution in [0, 0.1) is 6.92 Å². The second kappa shape index (κ2) is 6.11. The van der Waals surface area contributed by atoms with Crippen LogP contribution in [0.25, 0.3) is 0 Å². The topological polar surface area (TPSA) is 54.3 Å². The Kier molecular flexibility index (Phi) is 4.47. The number of hydrogen-bond acceptors (Lipinski definition) is 3. The van der Waals surface area contributed by atoms with Crippen LogP contribution in [-0.2, 0) is 13.0 Å². The predicted octanol–water partition coefficient (Wildman–Crippen LogP) is 2.91. The molecule has 1 aliphatic rings. The minimum Gasteiger partial charge on any atom is -0.459 e. The van der Waals surface area contributed by atoms with Crippen molar-refractivity contribution >= 4 is 24.0 Å². The van der Waals surface area contributed by atoms with E-state index in [1.165, 1.54) is 17.4 Å². The van der Waals surface area contributed by atoms with E-state index in [0.29, 0.717) is 5.76 Å². The maximum Gasteiger partial charge on any atom is 0.291 e. The summed E-state index contributed by atoms with van der Waals surface area (Å²) < 4.78 is 5.19. The summed E-state index contributed by atoms with van der Waals surface area (Å²) >= 11 is 0. The molecule has 2 aromatic rings. The fourth-order valence-electron chi connectivity index (χ4n) is 2.35. The number of carbonyl (C=O) groups is 1. The number of hydrogen-bond donors (Lipinski definition) is 2. The van der Waals surface area contributed by atoms with E-state index in [2.05, 4.69) is 16.7 Å². The Morgan fingerprint density at radius 1 is 1.30 bits per heavy atom. The number of aryl methyl sites for hydroxylation is 1. The van der Waals surface area contributed by atoms with Crippen LogP contribution in [0.1, 0.15) is 27.2 Å². The quantitative estimate of drug-likeness (QED) is 0.895. The van der Waals surface area contributed by atoms with Crippen LogP contribution in [0.4, 0.5) is 5.69 Å². The van der Waals surface area contributed by atoms with Crippen molar-refractivity contribution in [3.8, 4) is 0 Å². The maximum atomic E-state index is 12.0. The highest BCUT2D eigenvalue weighted by atomic mass is 35.5. The summed E-state index contributed by atoms with van der Waals surface area (Å²) in [6.07, 6.45) is 2.57. The normalized spacial score (nSPS) is 13.2. The van der Waals surface area contributed by atoms with Gasteiger partial charge in [-0.3, -0.25) is 4.79 Å². The van der Waals surface area contributed by atoms with E-state index in [0.717, 1.165) is 30.8 Å². The first-order valence-electron chi connectivity index (χ1n) is 6.42. The fourth-order valence-corrected chi connectivity index (χ4v) is 2.35. The highest BCUT2D eigenvalue weighted by Crippen LogP contribution is 2.20. The molecule has 20 heavy (non-hydrogen) atoms. The van der Waals surface area contributed by atoms with Gasteiger partial charge in [0, 0.05) is 17.8 Å². The van der Waals surface area contributed by atoms with E-state index in [-0.39, 0.29) is 18.3 Å². The molecule has 1 aliphatic heterocycles. The van der Waals surface area contributed by atoms with Crippen molar-refractivity contribution in [3.05, 3.63) is 53.0 Å². The van der Waals surface area contributed by atoms with Crippen LogP contribution in [0.5, 0.6) is 0 Å². The number of halogens is 1. The third-order valence-electron chi connectivity index (χ3n) is 3.42. The molecule has 0 fully saturated rings. The van der Waals surface area contributed by atoms with Gasteiger partial charge in [-0.25, -0.2) is 0 Å². The predicted molar refractivity (Wildman–Crippen MR) is 80.5 cm³/mol. The Morgan fingerprint density at radius 3 is 2.90 bits per heavy atom. The average molecular weight is 293 g/mol. The minimum absolute atomic E-state index is 0. The lowest BCUT2D eigenvalue weighted by atomic mass is 10.0. The van der Waals surface area contributed by atoms with E-state index < -0.39 is 0 Å². The molecular formula is C15H17ClN2O2. The zero-order chi connectivity index (χ0) is 13.2. The van der Waals surface area contributed by atoms with Gasteiger partial charge in [-0.05, 0) is 49.2 Å². The molecule has 0 spiro atoms. The fraction of sp³-hybridized carbons (Fsp3) is 0.267. The van der Waals surface area contributed by atoms with Gasteiger partial charge in [-0.15, -0.1) is 12.4 Å². The van der Waals surface area contributed by atoms with Crippen LogP contribution in [0.15, 0.2) is 34.9 Å². The van der Waals surface area contributed by atoms with Crippen molar-refractivity contribution in [2.45, 2.75) is 19.9 Å². The molecule has 0 saturated carbocycles. The van der Waals surface area contributed by atoms with Gasteiger partial charge in [-0.1, -0.05) is 6.07 Å². The Labute approximate surface area is 124 Å². The number of anilines is 1. The second-order valence-corrected chi connectivity index (χ2v) is 4.80. The number of nitrogens with one attached hydrogen (secondary N) is 2. The largest absolute Gasteiger partial charge is 0.459 e. The van der Waals surface area contributed by atoms with Crippen LogP contribution < -0.4 is 10.6 Å². The first kappa shape index (κ1) is 14.6. The van der Waals surface area contributed by atoms with Crippen molar-refractivity contribution < 1.29 is 9.21 Å². The SMILES string of the molecule is Cc1ccoc1C(=O)Nc1ccc2c(c1)CNCC2.Cl. The molecule has 5 heteroatoms. The standard InChI is InChI=1S/C15H16N2O2.ClH/c1-10-5-7-19-14(10)15(18)17-13-3-2-11-4-6-16-9-12(11)8-13;/h2-3,5,7-8,16H,4,6,9H2,1H3,(H,17,18);1H. The average Bonchev–Trinajstić information content (AvgIpc) is 2.85. The number of furan rings is 1. The molecule has 2 N–H and O–H groups in total. The van der Waals surface area contributed by atoms with Gasteiger partial charge in [0.2, 0.25) is 0 Å². The number of amides is 1. The van der Waals surface area contributed by atoms with E-state index in [4.69, 9.17) is 4.42 Å². The Morgan fingerprint density at radius 2 is 2.15 bits per heavy atom. The number of rotatable bonds is 2. The summed E-state index contributed by atoms with van der Waals surface area (Å²) in [4.78, 5) is 12.0. The van der Waals surface area contributed by atoms with E-state index >= 15 is 0 Å². The molecule has 1 amide bonds. The van der Waals surface area contributed by atoms with Gasteiger partial charge < -0.3 is 15.1 Å². The summed E-state index contributed by atoms with van der Waals surface area (Å²) in [7, 11) is 0. The van der Waals surface area contributed by atoms with Crippen molar-refractivity contribution in [2.75, 3.05) is 11.9 Å². The lowest BCUT2D eigenvalue weighted by Gasteiger charge is -2.18. The summed E-state index contributed by atoms with van der Waals surface area (Å²) in [5.41, 5.74) is 4.26. The molecular weight excluding hydrogens is 276 g/mol. The maximum absolute atomic E-state index is 12.0. The molecule has 1 aromatic carbocycles. The Balaban J connectivity index is 0.00000147. The summed E-state index contributed by atoms with van der Waals surface area (Å²) in [5.74, 6) is 0.169.